The molecule has 0 spiro atoms. The van der Waals surface area contributed by atoms with Gasteiger partial charge in [0.05, 0.1) is 5.25 Å². The van der Waals surface area contributed by atoms with Crippen molar-refractivity contribution in [3.05, 3.63) is 34.9 Å². The van der Waals surface area contributed by atoms with Gasteiger partial charge in [0.15, 0.2) is 0 Å². The summed E-state index contributed by atoms with van der Waals surface area (Å²) in [4.78, 5) is 16.5. The van der Waals surface area contributed by atoms with Gasteiger partial charge < -0.3 is 9.80 Å². The third kappa shape index (κ3) is 4.76. The molecule has 0 bridgehead atoms. The Labute approximate surface area is 160 Å². The number of hydrogen-bond donors (Lipinski definition) is 1. The summed E-state index contributed by atoms with van der Waals surface area (Å²) in [5.41, 5.74) is 0.499. The number of amides is 1. The fourth-order valence-corrected chi connectivity index (χ4v) is 5.57. The Hall–Kier alpha value is -1.15. The molecule has 144 valence electrons. The van der Waals surface area contributed by atoms with Crippen LogP contribution in [0.2, 0.25) is 5.02 Å². The molecule has 1 atom stereocenters. The molecule has 2 aliphatic rings. The number of sulfonamides is 1. The highest BCUT2D eigenvalue weighted by Crippen LogP contribution is 2.21. The Morgan fingerprint density at radius 2 is 1.92 bits per heavy atom. The van der Waals surface area contributed by atoms with Gasteiger partial charge in [-0.1, -0.05) is 17.7 Å². The molecule has 26 heavy (non-hydrogen) atoms. The number of nitrogens with zero attached hydrogens (tertiary/aromatic N) is 2. The van der Waals surface area contributed by atoms with Crippen molar-refractivity contribution in [3.8, 4) is 0 Å². The van der Waals surface area contributed by atoms with Crippen molar-refractivity contribution in [1.29, 1.82) is 0 Å². The highest BCUT2D eigenvalue weighted by atomic mass is 35.5. The quantitative estimate of drug-likeness (QED) is 0.840. The Morgan fingerprint density at radius 3 is 2.62 bits per heavy atom. The lowest BCUT2D eigenvalue weighted by molar-refractivity contribution is 0.0726. The molecule has 2 aliphatic heterocycles. The summed E-state index contributed by atoms with van der Waals surface area (Å²) in [6.07, 6.45) is 2.92. The van der Waals surface area contributed by atoms with Gasteiger partial charge in [0.1, 0.15) is 0 Å². The second kappa shape index (κ2) is 8.25. The van der Waals surface area contributed by atoms with E-state index in [-0.39, 0.29) is 18.5 Å². The van der Waals surface area contributed by atoms with Gasteiger partial charge in [-0.15, -0.1) is 0 Å². The molecule has 0 saturated carbocycles. The van der Waals surface area contributed by atoms with E-state index in [1.54, 1.807) is 29.2 Å². The minimum absolute atomic E-state index is 0.00444. The second-order valence-electron chi connectivity index (χ2n) is 7.27. The summed E-state index contributed by atoms with van der Waals surface area (Å²) < 4.78 is 28.5. The summed E-state index contributed by atoms with van der Waals surface area (Å²) in [5.74, 6) is -0.160. The Balaban J connectivity index is 1.64. The van der Waals surface area contributed by atoms with Crippen LogP contribution in [0.25, 0.3) is 0 Å². The predicted molar refractivity (Wildman–Crippen MR) is 103 cm³/mol. The fourth-order valence-electron chi connectivity index (χ4n) is 3.63. The number of halogens is 1. The van der Waals surface area contributed by atoms with E-state index in [4.69, 9.17) is 11.6 Å². The number of likely N-dealkylation sites (tertiary alicyclic amines) is 2. The van der Waals surface area contributed by atoms with E-state index in [2.05, 4.69) is 9.62 Å². The van der Waals surface area contributed by atoms with Crippen LogP contribution in [-0.4, -0.2) is 68.6 Å². The molecule has 1 N–H and O–H groups in total. The van der Waals surface area contributed by atoms with Gasteiger partial charge in [0.2, 0.25) is 10.0 Å². The summed E-state index contributed by atoms with van der Waals surface area (Å²) in [7, 11) is -1.40. The number of carbonyl (C=O) groups is 1. The third-order valence-corrected chi connectivity index (χ3v) is 7.38. The summed E-state index contributed by atoms with van der Waals surface area (Å²) in [6, 6.07) is 6.78. The van der Waals surface area contributed by atoms with Gasteiger partial charge in [-0.05, 0) is 64.0 Å². The molecule has 2 saturated heterocycles. The average Bonchev–Trinajstić information content (AvgIpc) is 2.63. The number of nitrogens with one attached hydrogen (secondary N) is 1. The molecule has 1 aromatic rings. The fraction of sp³-hybridized carbons (Fsp3) is 0.611. The molecule has 0 aromatic heterocycles. The van der Waals surface area contributed by atoms with Crippen LogP contribution >= 0.6 is 11.6 Å². The summed E-state index contributed by atoms with van der Waals surface area (Å²) >= 11 is 5.97. The van der Waals surface area contributed by atoms with Crippen molar-refractivity contribution in [2.24, 2.45) is 0 Å². The number of piperidine rings is 2. The van der Waals surface area contributed by atoms with Crippen LogP contribution in [-0.2, 0) is 10.0 Å². The van der Waals surface area contributed by atoms with Crippen LogP contribution in [0, 0.1) is 0 Å². The molecule has 2 fully saturated rings. The maximum absolute atomic E-state index is 12.8. The first-order valence-corrected chi connectivity index (χ1v) is 11.0. The standard InChI is InChI=1S/C18H26ClN3O3S/c1-21-10-7-16(8-11-21)20-26(24,25)17-6-3-9-22(13-17)18(23)14-4-2-5-15(19)12-14/h2,4-5,12,16-17,20H,3,6-11,13H2,1H3. The Bertz CT molecular complexity index is 748. The van der Waals surface area contributed by atoms with E-state index in [1.807, 2.05) is 7.05 Å². The molecule has 1 aromatic carbocycles. The van der Waals surface area contributed by atoms with Crippen LogP contribution in [0.4, 0.5) is 0 Å². The average molecular weight is 400 g/mol. The van der Waals surface area contributed by atoms with E-state index in [9.17, 15) is 13.2 Å². The lowest BCUT2D eigenvalue weighted by Crippen LogP contribution is -2.51. The Morgan fingerprint density at radius 1 is 1.19 bits per heavy atom. The van der Waals surface area contributed by atoms with Crippen molar-refractivity contribution < 1.29 is 13.2 Å². The van der Waals surface area contributed by atoms with E-state index >= 15 is 0 Å². The third-order valence-electron chi connectivity index (χ3n) is 5.23. The van der Waals surface area contributed by atoms with Crippen LogP contribution in [0.3, 0.4) is 0 Å². The van der Waals surface area contributed by atoms with Crippen LogP contribution < -0.4 is 4.72 Å². The molecule has 8 heteroatoms. The van der Waals surface area contributed by atoms with E-state index in [0.29, 0.717) is 30.0 Å². The second-order valence-corrected chi connectivity index (χ2v) is 9.69. The summed E-state index contributed by atoms with van der Waals surface area (Å²) in [5, 5.41) is -0.0556. The number of hydrogen-bond acceptors (Lipinski definition) is 4. The van der Waals surface area contributed by atoms with Crippen molar-refractivity contribution in [3.63, 3.8) is 0 Å². The highest BCUT2D eigenvalue weighted by Gasteiger charge is 2.34. The SMILES string of the molecule is CN1CCC(NS(=O)(=O)C2CCCN(C(=O)c3cccc(Cl)c3)C2)CC1. The first kappa shape index (κ1) is 19.6. The normalized spacial score (nSPS) is 23.2. The monoisotopic (exact) mass is 399 g/mol. The first-order valence-electron chi connectivity index (χ1n) is 9.10. The van der Waals surface area contributed by atoms with Crippen molar-refractivity contribution in [2.45, 2.75) is 37.0 Å². The molecule has 3 rings (SSSR count). The molecule has 1 amide bonds. The predicted octanol–water partition coefficient (Wildman–Crippen LogP) is 1.96. The van der Waals surface area contributed by atoms with Crippen LogP contribution in [0.5, 0.6) is 0 Å². The zero-order chi connectivity index (χ0) is 18.7. The van der Waals surface area contributed by atoms with Gasteiger partial charge in [-0.2, -0.15) is 0 Å². The van der Waals surface area contributed by atoms with Crippen molar-refractivity contribution in [1.82, 2.24) is 14.5 Å². The van der Waals surface area contributed by atoms with E-state index in [0.717, 1.165) is 25.9 Å². The van der Waals surface area contributed by atoms with Gasteiger partial charge in [-0.25, -0.2) is 13.1 Å². The van der Waals surface area contributed by atoms with Gasteiger partial charge >= 0.3 is 0 Å². The topological polar surface area (TPSA) is 69.7 Å². The minimum Gasteiger partial charge on any atom is -0.337 e. The van der Waals surface area contributed by atoms with Gasteiger partial charge in [0, 0.05) is 29.7 Å². The van der Waals surface area contributed by atoms with E-state index in [1.165, 1.54) is 0 Å². The lowest BCUT2D eigenvalue weighted by atomic mass is 10.1. The van der Waals surface area contributed by atoms with Gasteiger partial charge in [-0.3, -0.25) is 4.79 Å². The van der Waals surface area contributed by atoms with E-state index < -0.39 is 15.3 Å². The first-order chi connectivity index (χ1) is 12.3. The maximum Gasteiger partial charge on any atom is 0.253 e. The smallest absolute Gasteiger partial charge is 0.253 e. The zero-order valence-corrected chi connectivity index (χ0v) is 16.6. The summed E-state index contributed by atoms with van der Waals surface area (Å²) in [6.45, 7) is 2.60. The Kier molecular flexibility index (Phi) is 6.22. The molecular formula is C18H26ClN3O3S. The minimum atomic E-state index is -3.45. The molecule has 1 unspecified atom stereocenters. The molecule has 6 nitrogen and oxygen atoms in total. The van der Waals surface area contributed by atoms with Crippen LogP contribution in [0.1, 0.15) is 36.0 Å². The van der Waals surface area contributed by atoms with Crippen molar-refractivity contribution >= 4 is 27.5 Å². The lowest BCUT2D eigenvalue weighted by Gasteiger charge is -2.35. The zero-order valence-electron chi connectivity index (χ0n) is 15.0. The molecule has 0 radical (unpaired) electrons. The number of rotatable bonds is 4. The molecule has 0 aliphatic carbocycles. The number of carbonyl (C=O) groups excluding carboxylic acids is 1. The highest BCUT2D eigenvalue weighted by molar-refractivity contribution is 7.90. The van der Waals surface area contributed by atoms with Crippen LogP contribution in [0.15, 0.2) is 24.3 Å². The van der Waals surface area contributed by atoms with Crippen molar-refractivity contribution in [2.75, 3.05) is 33.2 Å². The largest absolute Gasteiger partial charge is 0.337 e. The maximum atomic E-state index is 12.8. The molecular weight excluding hydrogens is 374 g/mol. The number of benzene rings is 1. The molecule has 2 heterocycles. The van der Waals surface area contributed by atoms with Gasteiger partial charge in [0.25, 0.3) is 5.91 Å².